The van der Waals surface area contributed by atoms with Crippen LogP contribution in [0.2, 0.25) is 0 Å². The molecule has 12 heteroatoms. The van der Waals surface area contributed by atoms with Gasteiger partial charge in [-0.3, -0.25) is 24.0 Å². The molecule has 0 aromatic heterocycles. The summed E-state index contributed by atoms with van der Waals surface area (Å²) < 4.78 is 22.3. The molecule has 0 aliphatic heterocycles. The van der Waals surface area contributed by atoms with Crippen molar-refractivity contribution in [3.8, 4) is 0 Å². The van der Waals surface area contributed by atoms with E-state index in [9.17, 15) is 29.1 Å². The van der Waals surface area contributed by atoms with Crippen LogP contribution < -0.4 is 10.0 Å². The first kappa shape index (κ1) is 37.3. The maximum Gasteiger partial charge on any atom is 0.306 e. The number of allylic oxidation sites excluding steroid dienone is 9. The minimum Gasteiger partial charge on any atom is -0.871 e. The molecule has 0 unspecified atom stereocenters. The molecule has 0 spiro atoms. The first-order chi connectivity index (χ1) is 24.0. The number of hydrogen-bond acceptors (Lipinski definition) is 11. The SMILES string of the molecule is CCN(CC)c1ccc(C2=C([O-])C(=C3C=CC(=[N+](CC)CCOC(=O)CCC(=O)OCCOC4=CC(=O)C(OC)=CC4=O)C=C3)C2=O)c(C)c1. The number of ether oxygens (including phenoxy) is 4. The van der Waals surface area contributed by atoms with Crippen LogP contribution in [-0.2, 0) is 42.9 Å². The first-order valence-corrected chi connectivity index (χ1v) is 16.6. The minimum atomic E-state index is -0.642. The summed E-state index contributed by atoms with van der Waals surface area (Å²) in [6.07, 6.45) is 8.79. The van der Waals surface area contributed by atoms with E-state index in [1.165, 1.54) is 7.11 Å². The van der Waals surface area contributed by atoms with Crippen molar-refractivity contribution >= 4 is 46.3 Å². The maximum absolute atomic E-state index is 13.2. The second kappa shape index (κ2) is 17.2. The van der Waals surface area contributed by atoms with Gasteiger partial charge >= 0.3 is 11.9 Å². The second-order valence-corrected chi connectivity index (χ2v) is 11.4. The summed E-state index contributed by atoms with van der Waals surface area (Å²) in [5.74, 6) is -3.04. The summed E-state index contributed by atoms with van der Waals surface area (Å²) in [5.41, 5.74) is 4.38. The summed E-state index contributed by atoms with van der Waals surface area (Å²) in [6.45, 7) is 10.5. The molecular formula is C38H42N2O10. The zero-order chi connectivity index (χ0) is 36.4. The highest BCUT2D eigenvalue weighted by Gasteiger charge is 2.31. The Morgan fingerprint density at radius 3 is 2.02 bits per heavy atom. The van der Waals surface area contributed by atoms with Crippen LogP contribution in [0.5, 0.6) is 0 Å². The number of ketones is 3. The van der Waals surface area contributed by atoms with Gasteiger partial charge in [-0.2, -0.15) is 0 Å². The van der Waals surface area contributed by atoms with Crippen LogP contribution in [0.4, 0.5) is 5.69 Å². The Hall–Kier alpha value is -5.52. The van der Waals surface area contributed by atoms with Crippen LogP contribution in [-0.4, -0.2) is 92.7 Å². The van der Waals surface area contributed by atoms with E-state index in [0.29, 0.717) is 24.2 Å². The Bertz CT molecular complexity index is 1770. The first-order valence-electron chi connectivity index (χ1n) is 16.6. The summed E-state index contributed by atoms with van der Waals surface area (Å²) in [5, 5.41) is 13.2. The van der Waals surface area contributed by atoms with Crippen LogP contribution in [0.15, 0.2) is 83.1 Å². The van der Waals surface area contributed by atoms with E-state index in [1.54, 1.807) is 12.2 Å². The summed E-state index contributed by atoms with van der Waals surface area (Å²) in [7, 11) is 1.28. The zero-order valence-electron chi connectivity index (χ0n) is 29.0. The van der Waals surface area contributed by atoms with Crippen molar-refractivity contribution in [3.05, 3.63) is 94.2 Å². The third-order valence-electron chi connectivity index (χ3n) is 8.41. The highest BCUT2D eigenvalue weighted by atomic mass is 16.6. The third-order valence-corrected chi connectivity index (χ3v) is 8.41. The quantitative estimate of drug-likeness (QED) is 0.0830. The fraction of sp³-hybridized carbons (Fsp3) is 0.368. The van der Waals surface area contributed by atoms with Crippen LogP contribution in [0, 0.1) is 6.92 Å². The molecule has 3 aliphatic carbocycles. The van der Waals surface area contributed by atoms with Gasteiger partial charge in [0, 0.05) is 54.2 Å². The smallest absolute Gasteiger partial charge is 0.306 e. The molecule has 0 N–H and O–H groups in total. The lowest BCUT2D eigenvalue weighted by molar-refractivity contribution is -0.524. The predicted octanol–water partition coefficient (Wildman–Crippen LogP) is 2.84. The molecule has 1 aromatic carbocycles. The standard InChI is InChI=1S/C38H42N2O10/c1-6-39(7-2)27-13-14-28(24(4)21-27)36-37(45)35(38(36)46)25-9-11-26(12-10-25)40(8-3)17-18-49-33(43)15-16-34(44)50-20-19-48-32-23-29(41)31(47-5)22-30(32)42/h9-14,21-23H,6-8,15-20H2,1-5H3. The topological polar surface area (TPSA) is 152 Å². The Kier molecular flexibility index (Phi) is 12.9. The van der Waals surface area contributed by atoms with Crippen LogP contribution in [0.25, 0.3) is 5.57 Å². The summed E-state index contributed by atoms with van der Waals surface area (Å²) in [4.78, 5) is 63.3. The molecule has 0 fully saturated rings. The van der Waals surface area contributed by atoms with Crippen LogP contribution >= 0.6 is 0 Å². The third kappa shape index (κ3) is 8.73. The lowest BCUT2D eigenvalue weighted by atomic mass is 9.79. The molecular weight excluding hydrogens is 644 g/mol. The number of rotatable bonds is 16. The Balaban J connectivity index is 1.23. The fourth-order valence-corrected chi connectivity index (χ4v) is 5.64. The highest BCUT2D eigenvalue weighted by molar-refractivity contribution is 6.39. The molecule has 12 nitrogen and oxygen atoms in total. The number of Topliss-reactive ketones (excluding diaryl/α,β-unsaturated/α-hetero) is 1. The van der Waals surface area contributed by atoms with Gasteiger partial charge in [0.15, 0.2) is 29.6 Å². The number of hydrogen-bond donors (Lipinski definition) is 0. The van der Waals surface area contributed by atoms with Crippen molar-refractivity contribution in [1.29, 1.82) is 0 Å². The van der Waals surface area contributed by atoms with Crippen molar-refractivity contribution in [2.75, 3.05) is 58.0 Å². The van der Waals surface area contributed by atoms with Gasteiger partial charge in [-0.05, 0) is 68.7 Å². The van der Waals surface area contributed by atoms with Crippen molar-refractivity contribution in [2.45, 2.75) is 40.5 Å². The largest absolute Gasteiger partial charge is 0.871 e. The van der Waals surface area contributed by atoms with E-state index in [-0.39, 0.29) is 66.9 Å². The summed E-state index contributed by atoms with van der Waals surface area (Å²) >= 11 is 0. The predicted molar refractivity (Wildman–Crippen MR) is 183 cm³/mol. The van der Waals surface area contributed by atoms with Gasteiger partial charge in [-0.15, -0.1) is 0 Å². The number of esters is 2. The van der Waals surface area contributed by atoms with Gasteiger partial charge in [0.1, 0.15) is 26.4 Å². The van der Waals surface area contributed by atoms with E-state index in [1.807, 2.05) is 48.8 Å². The van der Waals surface area contributed by atoms with Gasteiger partial charge in [0.2, 0.25) is 11.6 Å². The van der Waals surface area contributed by atoms with Crippen molar-refractivity contribution < 1.29 is 52.6 Å². The number of aryl methyl sites for hydroxylation is 1. The fourth-order valence-electron chi connectivity index (χ4n) is 5.64. The van der Waals surface area contributed by atoms with Gasteiger partial charge in [0.05, 0.1) is 20.0 Å². The zero-order valence-corrected chi connectivity index (χ0v) is 29.0. The maximum atomic E-state index is 13.2. The van der Waals surface area contributed by atoms with Gasteiger partial charge in [0.25, 0.3) is 0 Å². The molecule has 0 atom stereocenters. The normalized spacial score (nSPS) is 15.5. The van der Waals surface area contributed by atoms with Crippen molar-refractivity contribution in [1.82, 2.24) is 0 Å². The van der Waals surface area contributed by atoms with Crippen molar-refractivity contribution in [2.24, 2.45) is 0 Å². The van der Waals surface area contributed by atoms with Crippen molar-refractivity contribution in [3.63, 3.8) is 0 Å². The lowest BCUT2D eigenvalue weighted by Gasteiger charge is -2.33. The van der Waals surface area contributed by atoms with E-state index in [2.05, 4.69) is 18.7 Å². The molecule has 50 heavy (non-hydrogen) atoms. The molecule has 0 radical (unpaired) electrons. The number of carbonyl (C=O) groups is 5. The average molecular weight is 687 g/mol. The summed E-state index contributed by atoms with van der Waals surface area (Å²) in [6, 6.07) is 5.81. The molecule has 4 rings (SSSR count). The number of anilines is 1. The number of nitrogens with zero attached hydrogens (tertiary/aromatic N) is 2. The Labute approximate surface area is 291 Å². The number of benzene rings is 1. The van der Waals surface area contributed by atoms with E-state index < -0.39 is 23.5 Å². The van der Waals surface area contributed by atoms with Gasteiger partial charge < -0.3 is 29.0 Å². The highest BCUT2D eigenvalue weighted by Crippen LogP contribution is 2.39. The molecule has 1 aromatic rings. The average Bonchev–Trinajstić information content (AvgIpc) is 3.11. The molecule has 264 valence electrons. The van der Waals surface area contributed by atoms with E-state index >= 15 is 0 Å². The number of carbonyl (C=O) groups excluding carboxylic acids is 5. The molecule has 3 aliphatic rings. The van der Waals surface area contributed by atoms with Crippen LogP contribution in [0.3, 0.4) is 0 Å². The van der Waals surface area contributed by atoms with Gasteiger partial charge in [-0.25, -0.2) is 4.58 Å². The second-order valence-electron chi connectivity index (χ2n) is 11.4. The minimum absolute atomic E-state index is 0.0808. The molecule has 0 amide bonds. The molecule has 0 bridgehead atoms. The van der Waals surface area contributed by atoms with Gasteiger partial charge in [-0.1, -0.05) is 11.8 Å². The Morgan fingerprint density at radius 2 is 1.44 bits per heavy atom. The Morgan fingerprint density at radius 1 is 0.820 bits per heavy atom. The van der Waals surface area contributed by atoms with E-state index in [0.717, 1.165) is 42.2 Å². The molecule has 0 saturated heterocycles. The van der Waals surface area contributed by atoms with Crippen LogP contribution in [0.1, 0.15) is 44.7 Å². The molecule has 0 saturated carbocycles. The molecule has 0 heterocycles. The number of methoxy groups -OCH3 is 1. The number of likely N-dealkylation sites (N-methyl/N-ethyl adjacent to an activating group) is 1. The monoisotopic (exact) mass is 686 g/mol. The van der Waals surface area contributed by atoms with E-state index in [4.69, 9.17) is 18.9 Å². The lowest BCUT2D eigenvalue weighted by Crippen LogP contribution is -2.31.